The Hall–Kier alpha value is -4.23. The van der Waals surface area contributed by atoms with Gasteiger partial charge in [-0.05, 0) is 59.6 Å². The number of aromatic amines is 1. The standard InChI is InChI=1S/C27H24N6O/c1-32-15-17-5-3-6-18(11-17)19-7-4-8-21(12-19)29-27(34)26-22-13-20(9-10-24(22)30-31-26)23-14-28-33(2)25(23)16-32/h3-14H,15-16H2,1-2H3,(H,29,34)(H,30,31). The highest BCUT2D eigenvalue weighted by molar-refractivity contribution is 6.11. The van der Waals surface area contributed by atoms with Gasteiger partial charge in [0.25, 0.3) is 5.91 Å². The molecule has 7 heteroatoms. The molecule has 2 N–H and O–H groups in total. The van der Waals surface area contributed by atoms with Crippen molar-refractivity contribution in [1.82, 2.24) is 24.9 Å². The van der Waals surface area contributed by atoms with Gasteiger partial charge in [0, 0.05) is 36.8 Å². The summed E-state index contributed by atoms with van der Waals surface area (Å²) in [6.45, 7) is 1.54. The first-order chi connectivity index (χ1) is 16.5. The fourth-order valence-electron chi connectivity index (χ4n) is 4.69. The van der Waals surface area contributed by atoms with Crippen molar-refractivity contribution in [2.75, 3.05) is 12.4 Å². The molecule has 0 aliphatic carbocycles. The SMILES string of the molecule is CN1Cc2cccc(c2)-c2cccc(c2)NC(=O)c2n[nH]c3ccc(cc23)-c2cnn(C)c2C1. The maximum Gasteiger partial charge on any atom is 0.276 e. The lowest BCUT2D eigenvalue weighted by atomic mass is 10.0. The van der Waals surface area contributed by atoms with E-state index in [1.807, 2.05) is 54.3 Å². The van der Waals surface area contributed by atoms with E-state index in [2.05, 4.69) is 62.9 Å². The van der Waals surface area contributed by atoms with Gasteiger partial charge in [-0.1, -0.05) is 36.4 Å². The summed E-state index contributed by atoms with van der Waals surface area (Å²) in [6, 6.07) is 22.5. The summed E-state index contributed by atoms with van der Waals surface area (Å²) in [5.74, 6) is -0.246. The number of carbonyl (C=O) groups is 1. The maximum absolute atomic E-state index is 13.2. The topological polar surface area (TPSA) is 78.8 Å². The number of aryl methyl sites for hydroxylation is 1. The molecule has 5 aromatic rings. The summed E-state index contributed by atoms with van der Waals surface area (Å²) < 4.78 is 1.93. The third-order valence-electron chi connectivity index (χ3n) is 6.40. The van der Waals surface area contributed by atoms with Crippen LogP contribution in [0.25, 0.3) is 33.2 Å². The Labute approximate surface area is 197 Å². The second kappa shape index (κ2) is 7.97. The fourth-order valence-corrected chi connectivity index (χ4v) is 4.69. The minimum Gasteiger partial charge on any atom is -0.321 e. The van der Waals surface area contributed by atoms with E-state index in [1.54, 1.807) is 0 Å². The molecule has 1 aliphatic rings. The summed E-state index contributed by atoms with van der Waals surface area (Å²) >= 11 is 0. The van der Waals surface area contributed by atoms with Gasteiger partial charge in [-0.2, -0.15) is 10.2 Å². The van der Waals surface area contributed by atoms with Crippen molar-refractivity contribution in [3.63, 3.8) is 0 Å². The van der Waals surface area contributed by atoms with Gasteiger partial charge in [0.1, 0.15) is 0 Å². The zero-order chi connectivity index (χ0) is 23.2. The molecule has 1 amide bonds. The van der Waals surface area contributed by atoms with Crippen LogP contribution in [0.15, 0.2) is 72.9 Å². The normalized spacial score (nSPS) is 14.1. The summed E-state index contributed by atoms with van der Waals surface area (Å²) in [5, 5.41) is 15.7. The molecule has 0 spiro atoms. The van der Waals surface area contributed by atoms with Crippen molar-refractivity contribution in [1.29, 1.82) is 0 Å². The number of amides is 1. The van der Waals surface area contributed by atoms with E-state index in [-0.39, 0.29) is 5.91 Å². The molecule has 34 heavy (non-hydrogen) atoms. The lowest BCUT2D eigenvalue weighted by molar-refractivity contribution is 0.102. The molecule has 0 fully saturated rings. The van der Waals surface area contributed by atoms with Crippen molar-refractivity contribution in [2.45, 2.75) is 13.1 Å². The molecule has 6 bridgehead atoms. The summed E-state index contributed by atoms with van der Waals surface area (Å²) in [5.41, 5.74) is 8.48. The molecule has 0 unspecified atom stereocenters. The number of H-pyrrole nitrogens is 1. The summed E-state index contributed by atoms with van der Waals surface area (Å²) in [6.07, 6.45) is 1.89. The van der Waals surface area contributed by atoms with Gasteiger partial charge in [0.05, 0.1) is 17.4 Å². The average Bonchev–Trinajstić information content (AvgIpc) is 3.42. The van der Waals surface area contributed by atoms with E-state index in [0.29, 0.717) is 5.69 Å². The molecule has 0 saturated carbocycles. The first-order valence-electron chi connectivity index (χ1n) is 11.2. The van der Waals surface area contributed by atoms with Gasteiger partial charge in [0.15, 0.2) is 5.69 Å². The second-order valence-electron chi connectivity index (χ2n) is 8.87. The minimum atomic E-state index is -0.246. The van der Waals surface area contributed by atoms with Crippen molar-refractivity contribution < 1.29 is 4.79 Å². The third-order valence-corrected chi connectivity index (χ3v) is 6.40. The third kappa shape index (κ3) is 3.56. The van der Waals surface area contributed by atoms with Crippen LogP contribution in [0.5, 0.6) is 0 Å². The number of hydrogen-bond donors (Lipinski definition) is 2. The molecular formula is C27H24N6O. The first-order valence-corrected chi connectivity index (χ1v) is 11.2. The average molecular weight is 449 g/mol. The van der Waals surface area contributed by atoms with Crippen molar-refractivity contribution in [3.8, 4) is 22.3 Å². The lowest BCUT2D eigenvalue weighted by Gasteiger charge is -2.19. The maximum atomic E-state index is 13.2. The zero-order valence-electron chi connectivity index (χ0n) is 19.0. The molecule has 0 saturated heterocycles. The Bertz CT molecular complexity index is 1550. The molecule has 0 radical (unpaired) electrons. The van der Waals surface area contributed by atoms with Crippen LogP contribution in [0.1, 0.15) is 21.7 Å². The van der Waals surface area contributed by atoms with Gasteiger partial charge < -0.3 is 5.32 Å². The predicted octanol–water partition coefficient (Wildman–Crippen LogP) is 4.83. The molecule has 0 atom stereocenters. The van der Waals surface area contributed by atoms with Crippen LogP contribution in [0.3, 0.4) is 0 Å². The Kier molecular flexibility index (Phi) is 4.78. The van der Waals surface area contributed by atoms with Gasteiger partial charge in [-0.3, -0.25) is 19.5 Å². The molecule has 168 valence electrons. The van der Waals surface area contributed by atoms with Crippen LogP contribution in [0.4, 0.5) is 5.69 Å². The van der Waals surface area contributed by atoms with Gasteiger partial charge in [-0.25, -0.2) is 0 Å². The van der Waals surface area contributed by atoms with E-state index in [0.717, 1.165) is 57.6 Å². The number of fused-ring (bicyclic) bond motifs is 8. The van der Waals surface area contributed by atoms with E-state index < -0.39 is 0 Å². The number of nitrogens with zero attached hydrogens (tertiary/aromatic N) is 4. The Balaban J connectivity index is 1.53. The van der Waals surface area contributed by atoms with E-state index in [4.69, 9.17) is 0 Å². The van der Waals surface area contributed by atoms with Crippen molar-refractivity contribution in [2.24, 2.45) is 7.05 Å². The Morgan fingerprint density at radius 3 is 2.59 bits per heavy atom. The number of anilines is 1. The zero-order valence-corrected chi connectivity index (χ0v) is 19.0. The summed E-state index contributed by atoms with van der Waals surface area (Å²) in [4.78, 5) is 15.5. The monoisotopic (exact) mass is 448 g/mol. The molecule has 3 aromatic carbocycles. The number of benzene rings is 3. The Morgan fingerprint density at radius 2 is 1.71 bits per heavy atom. The summed E-state index contributed by atoms with van der Waals surface area (Å²) in [7, 11) is 4.09. The van der Waals surface area contributed by atoms with Crippen LogP contribution in [0.2, 0.25) is 0 Å². The molecule has 7 nitrogen and oxygen atoms in total. The van der Waals surface area contributed by atoms with Gasteiger partial charge in [-0.15, -0.1) is 0 Å². The van der Waals surface area contributed by atoms with E-state index in [1.165, 1.54) is 5.56 Å². The molecule has 2 aromatic heterocycles. The van der Waals surface area contributed by atoms with Crippen molar-refractivity contribution >= 4 is 22.5 Å². The quantitative estimate of drug-likeness (QED) is 0.356. The first kappa shape index (κ1) is 20.4. The molecule has 3 heterocycles. The fraction of sp³-hybridized carbons (Fsp3) is 0.148. The number of carbonyl (C=O) groups excluding carboxylic acids is 1. The van der Waals surface area contributed by atoms with E-state index >= 15 is 0 Å². The highest BCUT2D eigenvalue weighted by Gasteiger charge is 2.19. The second-order valence-corrected chi connectivity index (χ2v) is 8.87. The predicted molar refractivity (Wildman–Crippen MR) is 133 cm³/mol. The minimum absolute atomic E-state index is 0.246. The van der Waals surface area contributed by atoms with Crippen LogP contribution in [0, 0.1) is 0 Å². The van der Waals surface area contributed by atoms with Gasteiger partial charge >= 0.3 is 0 Å². The Morgan fingerprint density at radius 1 is 0.882 bits per heavy atom. The highest BCUT2D eigenvalue weighted by Crippen LogP contribution is 2.30. The van der Waals surface area contributed by atoms with Crippen molar-refractivity contribution in [3.05, 3.63) is 89.9 Å². The number of aromatic nitrogens is 4. The van der Waals surface area contributed by atoms with Crippen LogP contribution in [-0.2, 0) is 20.1 Å². The molecule has 1 aliphatic heterocycles. The lowest BCUT2D eigenvalue weighted by Crippen LogP contribution is -2.19. The largest absolute Gasteiger partial charge is 0.321 e. The van der Waals surface area contributed by atoms with Gasteiger partial charge in [0.2, 0.25) is 0 Å². The van der Waals surface area contributed by atoms with E-state index in [9.17, 15) is 4.79 Å². The number of nitrogens with one attached hydrogen (secondary N) is 2. The van der Waals surface area contributed by atoms with Crippen LogP contribution in [-0.4, -0.2) is 37.8 Å². The number of rotatable bonds is 0. The van der Waals surface area contributed by atoms with Crippen LogP contribution < -0.4 is 5.32 Å². The molecular weight excluding hydrogens is 424 g/mol. The molecule has 6 rings (SSSR count). The number of hydrogen-bond acceptors (Lipinski definition) is 4. The highest BCUT2D eigenvalue weighted by atomic mass is 16.1. The smallest absolute Gasteiger partial charge is 0.276 e. The van der Waals surface area contributed by atoms with Crippen LogP contribution >= 0.6 is 0 Å².